The van der Waals surface area contributed by atoms with Gasteiger partial charge in [-0.25, -0.2) is 0 Å². The molecule has 1 atom stereocenters. The maximum Gasteiger partial charge on any atom is 0.254 e. The molecule has 98 valence electrons. The predicted octanol–water partition coefficient (Wildman–Crippen LogP) is 0.877. The Morgan fingerprint density at radius 2 is 2.06 bits per heavy atom. The second-order valence-electron chi connectivity index (χ2n) is 4.36. The molecule has 1 amide bonds. The van der Waals surface area contributed by atoms with Crippen LogP contribution in [0.4, 0.5) is 0 Å². The van der Waals surface area contributed by atoms with Crippen molar-refractivity contribution in [2.45, 2.75) is 13.0 Å². The summed E-state index contributed by atoms with van der Waals surface area (Å²) in [6, 6.07) is 5.24. The topological polar surface area (TPSA) is 64.8 Å². The number of ether oxygens (including phenoxy) is 2. The van der Waals surface area contributed by atoms with Crippen molar-refractivity contribution in [1.82, 2.24) is 4.90 Å². The summed E-state index contributed by atoms with van der Waals surface area (Å²) in [5.74, 6) is 1.25. The fraction of sp³-hybridized carbons (Fsp3) is 0.462. The molecule has 1 aliphatic heterocycles. The Morgan fingerprint density at radius 1 is 1.39 bits per heavy atom. The minimum absolute atomic E-state index is 0.00528. The third-order valence-corrected chi connectivity index (χ3v) is 3.11. The molecule has 18 heavy (non-hydrogen) atoms. The van der Waals surface area contributed by atoms with Gasteiger partial charge in [-0.15, -0.1) is 0 Å². The third kappa shape index (κ3) is 2.41. The summed E-state index contributed by atoms with van der Waals surface area (Å²) in [5.41, 5.74) is 6.15. The van der Waals surface area contributed by atoms with Gasteiger partial charge in [-0.2, -0.15) is 0 Å². The van der Waals surface area contributed by atoms with Gasteiger partial charge in [-0.3, -0.25) is 4.79 Å². The fourth-order valence-electron chi connectivity index (χ4n) is 1.74. The molecule has 2 N–H and O–H groups in total. The van der Waals surface area contributed by atoms with Crippen LogP contribution in [0.1, 0.15) is 17.3 Å². The van der Waals surface area contributed by atoms with Crippen molar-refractivity contribution in [3.8, 4) is 11.5 Å². The largest absolute Gasteiger partial charge is 0.486 e. The molecule has 2 rings (SSSR count). The van der Waals surface area contributed by atoms with Crippen LogP contribution in [0.15, 0.2) is 18.2 Å². The first-order valence-electron chi connectivity index (χ1n) is 6.00. The highest BCUT2D eigenvalue weighted by Gasteiger charge is 2.19. The second-order valence-corrected chi connectivity index (χ2v) is 4.36. The molecule has 0 saturated heterocycles. The van der Waals surface area contributed by atoms with E-state index in [-0.39, 0.29) is 11.9 Å². The number of fused-ring (bicyclic) bond motifs is 1. The third-order valence-electron chi connectivity index (χ3n) is 3.11. The highest BCUT2D eigenvalue weighted by Crippen LogP contribution is 2.31. The Balaban J connectivity index is 2.20. The molecule has 0 aliphatic carbocycles. The van der Waals surface area contributed by atoms with Crippen LogP contribution in [0.2, 0.25) is 0 Å². The van der Waals surface area contributed by atoms with E-state index < -0.39 is 0 Å². The number of nitrogens with zero attached hydrogens (tertiary/aromatic N) is 1. The number of benzene rings is 1. The second kappa shape index (κ2) is 5.27. The van der Waals surface area contributed by atoms with Crippen molar-refractivity contribution in [1.29, 1.82) is 0 Å². The first kappa shape index (κ1) is 12.7. The average Bonchev–Trinajstić information content (AvgIpc) is 2.44. The Bertz CT molecular complexity index is 448. The minimum Gasteiger partial charge on any atom is -0.486 e. The summed E-state index contributed by atoms with van der Waals surface area (Å²) in [4.78, 5) is 13.8. The monoisotopic (exact) mass is 250 g/mol. The highest BCUT2D eigenvalue weighted by atomic mass is 16.6. The molecule has 1 heterocycles. The van der Waals surface area contributed by atoms with Gasteiger partial charge < -0.3 is 20.1 Å². The number of hydrogen-bond acceptors (Lipinski definition) is 4. The standard InChI is InChI=1S/C13H18N2O3/c1-9(8-14)15(2)13(16)10-3-4-11-12(7-10)18-6-5-17-11/h3-4,7,9H,5-6,8,14H2,1-2H3. The van der Waals surface area contributed by atoms with Crippen LogP contribution >= 0.6 is 0 Å². The van der Waals surface area contributed by atoms with Gasteiger partial charge >= 0.3 is 0 Å². The Labute approximate surface area is 106 Å². The molecule has 5 heteroatoms. The van der Waals surface area contributed by atoms with E-state index in [4.69, 9.17) is 15.2 Å². The van der Waals surface area contributed by atoms with Gasteiger partial charge in [0.1, 0.15) is 13.2 Å². The quantitative estimate of drug-likeness (QED) is 0.864. The lowest BCUT2D eigenvalue weighted by Gasteiger charge is -2.24. The molecule has 0 aromatic heterocycles. The maximum atomic E-state index is 12.2. The van der Waals surface area contributed by atoms with Crippen molar-refractivity contribution < 1.29 is 14.3 Å². The number of likely N-dealkylation sites (N-methyl/N-ethyl adjacent to an activating group) is 1. The summed E-state index contributed by atoms with van der Waals surface area (Å²) in [5, 5.41) is 0. The van der Waals surface area contributed by atoms with Gasteiger partial charge in [0, 0.05) is 25.2 Å². The lowest BCUT2D eigenvalue weighted by molar-refractivity contribution is 0.0747. The van der Waals surface area contributed by atoms with E-state index in [1.807, 2.05) is 6.92 Å². The van der Waals surface area contributed by atoms with E-state index in [1.54, 1.807) is 30.1 Å². The van der Waals surface area contributed by atoms with Gasteiger partial charge in [0.15, 0.2) is 11.5 Å². The van der Waals surface area contributed by atoms with Gasteiger partial charge in [-0.1, -0.05) is 0 Å². The molecule has 1 unspecified atom stereocenters. The van der Waals surface area contributed by atoms with E-state index in [0.29, 0.717) is 36.8 Å². The van der Waals surface area contributed by atoms with Crippen LogP contribution in [0.25, 0.3) is 0 Å². The zero-order chi connectivity index (χ0) is 13.1. The first-order chi connectivity index (χ1) is 8.63. The smallest absolute Gasteiger partial charge is 0.254 e. The van der Waals surface area contributed by atoms with Crippen LogP contribution in [0.3, 0.4) is 0 Å². The molecule has 0 fully saturated rings. The average molecular weight is 250 g/mol. The Kier molecular flexibility index (Phi) is 3.72. The number of amides is 1. The zero-order valence-corrected chi connectivity index (χ0v) is 10.7. The van der Waals surface area contributed by atoms with Gasteiger partial charge in [0.05, 0.1) is 0 Å². The predicted molar refractivity (Wildman–Crippen MR) is 68.0 cm³/mol. The summed E-state index contributed by atoms with van der Waals surface area (Å²) in [6.45, 7) is 3.41. The highest BCUT2D eigenvalue weighted by molar-refractivity contribution is 5.95. The summed E-state index contributed by atoms with van der Waals surface area (Å²) in [6.07, 6.45) is 0. The van der Waals surface area contributed by atoms with Crippen molar-refractivity contribution in [2.24, 2.45) is 5.73 Å². The number of nitrogens with two attached hydrogens (primary N) is 1. The molecule has 5 nitrogen and oxygen atoms in total. The number of rotatable bonds is 3. The van der Waals surface area contributed by atoms with Crippen molar-refractivity contribution >= 4 is 5.91 Å². The van der Waals surface area contributed by atoms with E-state index in [9.17, 15) is 4.79 Å². The number of carbonyl (C=O) groups is 1. The molecular weight excluding hydrogens is 232 g/mol. The van der Waals surface area contributed by atoms with Crippen LogP contribution in [0.5, 0.6) is 11.5 Å². The van der Waals surface area contributed by atoms with E-state index in [2.05, 4.69) is 0 Å². The number of carbonyl (C=O) groups excluding carboxylic acids is 1. The zero-order valence-electron chi connectivity index (χ0n) is 10.7. The van der Waals surface area contributed by atoms with E-state index >= 15 is 0 Å². The summed E-state index contributed by atoms with van der Waals surface area (Å²) in [7, 11) is 1.75. The maximum absolute atomic E-state index is 12.2. The van der Waals surface area contributed by atoms with Gasteiger partial charge in [0.2, 0.25) is 0 Å². The normalized spacial score (nSPS) is 15.1. The first-order valence-corrected chi connectivity index (χ1v) is 6.00. The molecule has 0 bridgehead atoms. The summed E-state index contributed by atoms with van der Waals surface area (Å²) < 4.78 is 10.9. The van der Waals surface area contributed by atoms with Crippen LogP contribution in [-0.2, 0) is 0 Å². The van der Waals surface area contributed by atoms with Crippen molar-refractivity contribution in [2.75, 3.05) is 26.8 Å². The van der Waals surface area contributed by atoms with Crippen LogP contribution in [0, 0.1) is 0 Å². The Morgan fingerprint density at radius 3 is 2.72 bits per heavy atom. The van der Waals surface area contributed by atoms with Crippen LogP contribution in [-0.4, -0.2) is 43.7 Å². The van der Waals surface area contributed by atoms with Gasteiger partial charge in [-0.05, 0) is 25.1 Å². The molecule has 0 saturated carbocycles. The van der Waals surface area contributed by atoms with E-state index in [1.165, 1.54) is 0 Å². The van der Waals surface area contributed by atoms with E-state index in [0.717, 1.165) is 0 Å². The molecule has 1 aliphatic rings. The van der Waals surface area contributed by atoms with Gasteiger partial charge in [0.25, 0.3) is 5.91 Å². The lowest BCUT2D eigenvalue weighted by Crippen LogP contribution is -2.39. The molecule has 1 aromatic carbocycles. The number of hydrogen-bond donors (Lipinski definition) is 1. The minimum atomic E-state index is -0.0649. The summed E-state index contributed by atoms with van der Waals surface area (Å²) >= 11 is 0. The molecule has 0 spiro atoms. The SMILES string of the molecule is CC(CN)N(C)C(=O)c1ccc2c(c1)OCCO2. The van der Waals surface area contributed by atoms with Crippen molar-refractivity contribution in [3.63, 3.8) is 0 Å². The molecular formula is C13H18N2O3. The Hall–Kier alpha value is -1.75. The van der Waals surface area contributed by atoms with Crippen molar-refractivity contribution in [3.05, 3.63) is 23.8 Å². The van der Waals surface area contributed by atoms with Crippen LogP contribution < -0.4 is 15.2 Å². The molecule has 1 aromatic rings. The molecule has 0 radical (unpaired) electrons. The lowest BCUT2D eigenvalue weighted by atomic mass is 10.1. The fourth-order valence-corrected chi connectivity index (χ4v) is 1.74.